The maximum absolute atomic E-state index is 10.9. The number of nitrogens with one attached hydrogen (secondary N) is 2. The number of aliphatic carboxylic acids is 1. The van der Waals surface area contributed by atoms with Crippen LogP contribution < -0.4 is 10.6 Å². The lowest BCUT2D eigenvalue weighted by Crippen LogP contribution is -2.48. The molecule has 18 heavy (non-hydrogen) atoms. The topological polar surface area (TPSA) is 81.7 Å². The molecule has 1 aliphatic rings. The molecule has 6 nitrogen and oxygen atoms in total. The van der Waals surface area contributed by atoms with Gasteiger partial charge in [0, 0.05) is 20.0 Å². The molecule has 6 heteroatoms. The first-order chi connectivity index (χ1) is 8.49. The number of carboxylic acids is 1. The van der Waals surface area contributed by atoms with Crippen molar-refractivity contribution < 1.29 is 14.7 Å². The fourth-order valence-corrected chi connectivity index (χ4v) is 2.32. The number of hydrogen-bond donors (Lipinski definition) is 3. The van der Waals surface area contributed by atoms with E-state index in [-0.39, 0.29) is 12.5 Å². The largest absolute Gasteiger partial charge is 0.480 e. The van der Waals surface area contributed by atoms with Crippen molar-refractivity contribution in [3.63, 3.8) is 0 Å². The van der Waals surface area contributed by atoms with Crippen LogP contribution in [0.25, 0.3) is 0 Å². The molecule has 0 saturated carbocycles. The van der Waals surface area contributed by atoms with Crippen molar-refractivity contribution >= 4 is 11.9 Å². The van der Waals surface area contributed by atoms with E-state index in [0.717, 1.165) is 19.6 Å². The molecule has 1 aliphatic heterocycles. The molecule has 0 aliphatic carbocycles. The smallest absolute Gasteiger partial charge is 0.327 e. The molecule has 0 spiro atoms. The zero-order valence-electron chi connectivity index (χ0n) is 11.1. The summed E-state index contributed by atoms with van der Waals surface area (Å²) < 4.78 is 0. The number of piperidine rings is 1. The van der Waals surface area contributed by atoms with Crippen molar-refractivity contribution in [2.24, 2.45) is 5.92 Å². The Hall–Kier alpha value is -1.14. The molecule has 104 valence electrons. The molecule has 1 saturated heterocycles. The number of rotatable bonds is 6. The Kier molecular flexibility index (Phi) is 6.07. The van der Waals surface area contributed by atoms with Gasteiger partial charge in [-0.15, -0.1) is 0 Å². The summed E-state index contributed by atoms with van der Waals surface area (Å²) in [7, 11) is 2.10. The van der Waals surface area contributed by atoms with E-state index in [1.807, 2.05) is 0 Å². The lowest BCUT2D eigenvalue weighted by molar-refractivity contribution is -0.141. The summed E-state index contributed by atoms with van der Waals surface area (Å²) in [5.74, 6) is -0.754. The van der Waals surface area contributed by atoms with Gasteiger partial charge >= 0.3 is 5.97 Å². The summed E-state index contributed by atoms with van der Waals surface area (Å²) in [6.07, 6.45) is 2.37. The molecular weight excluding hydrogens is 234 g/mol. The van der Waals surface area contributed by atoms with Gasteiger partial charge in [-0.1, -0.05) is 0 Å². The molecule has 0 aromatic rings. The Balaban J connectivity index is 2.25. The summed E-state index contributed by atoms with van der Waals surface area (Å²) in [4.78, 5) is 24.1. The average Bonchev–Trinajstić information content (AvgIpc) is 2.27. The lowest BCUT2D eigenvalue weighted by Gasteiger charge is -2.30. The molecule has 1 fully saturated rings. The van der Waals surface area contributed by atoms with E-state index < -0.39 is 12.0 Å². The number of carboxylic acid groups (broad SMARTS) is 1. The minimum Gasteiger partial charge on any atom is -0.480 e. The summed E-state index contributed by atoms with van der Waals surface area (Å²) in [6.45, 7) is 4.58. The first kappa shape index (κ1) is 14.9. The molecule has 2 atom stereocenters. The van der Waals surface area contributed by atoms with Crippen LogP contribution in [0.5, 0.6) is 0 Å². The van der Waals surface area contributed by atoms with E-state index >= 15 is 0 Å². The Bertz CT molecular complexity index is 296. The Morgan fingerprint density at radius 1 is 1.50 bits per heavy atom. The van der Waals surface area contributed by atoms with Gasteiger partial charge < -0.3 is 20.6 Å². The van der Waals surface area contributed by atoms with E-state index in [2.05, 4.69) is 22.6 Å². The monoisotopic (exact) mass is 257 g/mol. The van der Waals surface area contributed by atoms with Crippen LogP contribution >= 0.6 is 0 Å². The fraction of sp³-hybridized carbons (Fsp3) is 0.833. The van der Waals surface area contributed by atoms with Gasteiger partial charge in [0.15, 0.2) is 0 Å². The first-order valence-corrected chi connectivity index (χ1v) is 6.38. The van der Waals surface area contributed by atoms with Crippen molar-refractivity contribution in [2.45, 2.75) is 25.8 Å². The summed E-state index contributed by atoms with van der Waals surface area (Å²) in [5, 5.41) is 14.5. The molecule has 0 radical (unpaired) electrons. The van der Waals surface area contributed by atoms with Crippen LogP contribution in [0.15, 0.2) is 0 Å². The lowest BCUT2D eigenvalue weighted by atomic mass is 9.98. The zero-order chi connectivity index (χ0) is 13.5. The van der Waals surface area contributed by atoms with Crippen molar-refractivity contribution in [1.29, 1.82) is 0 Å². The zero-order valence-corrected chi connectivity index (χ0v) is 11.1. The van der Waals surface area contributed by atoms with Crippen LogP contribution in [0.4, 0.5) is 0 Å². The minimum absolute atomic E-state index is 0.273. The number of amides is 1. The predicted octanol–water partition coefficient (Wildman–Crippen LogP) is -0.493. The standard InChI is InChI=1S/C12H23N3O3/c1-9(16)14-11(12(17)18)7-13-6-10-4-3-5-15(2)8-10/h10-11,13H,3-8H2,1-2H3,(H,14,16)(H,17,18). The van der Waals surface area contributed by atoms with Crippen molar-refractivity contribution in [3.05, 3.63) is 0 Å². The number of carbonyl (C=O) groups is 2. The van der Waals surface area contributed by atoms with Crippen molar-refractivity contribution in [2.75, 3.05) is 33.2 Å². The fourth-order valence-electron chi connectivity index (χ4n) is 2.32. The highest BCUT2D eigenvalue weighted by molar-refractivity contribution is 5.82. The SMILES string of the molecule is CC(=O)NC(CNCC1CCCN(C)C1)C(=O)O. The minimum atomic E-state index is -1.00. The summed E-state index contributed by atoms with van der Waals surface area (Å²) in [6, 6.07) is -0.844. The highest BCUT2D eigenvalue weighted by atomic mass is 16.4. The third-order valence-electron chi connectivity index (χ3n) is 3.18. The third-order valence-corrected chi connectivity index (χ3v) is 3.18. The normalized spacial score (nSPS) is 22.4. The quantitative estimate of drug-likeness (QED) is 0.598. The molecule has 0 aromatic carbocycles. The van der Waals surface area contributed by atoms with Crippen molar-refractivity contribution in [3.8, 4) is 0 Å². The number of carbonyl (C=O) groups excluding carboxylic acids is 1. The molecule has 0 aromatic heterocycles. The van der Waals surface area contributed by atoms with Crippen LogP contribution in [-0.2, 0) is 9.59 Å². The second-order valence-corrected chi connectivity index (χ2v) is 5.02. The number of hydrogen-bond acceptors (Lipinski definition) is 4. The molecule has 3 N–H and O–H groups in total. The van der Waals surface area contributed by atoms with Gasteiger partial charge in [0.25, 0.3) is 0 Å². The predicted molar refractivity (Wildman–Crippen MR) is 68.3 cm³/mol. The molecule has 0 bridgehead atoms. The Morgan fingerprint density at radius 3 is 2.78 bits per heavy atom. The average molecular weight is 257 g/mol. The van der Waals surface area contributed by atoms with E-state index in [1.54, 1.807) is 0 Å². The van der Waals surface area contributed by atoms with Crippen LogP contribution in [0, 0.1) is 5.92 Å². The molecule has 1 amide bonds. The van der Waals surface area contributed by atoms with Crippen molar-refractivity contribution in [1.82, 2.24) is 15.5 Å². The number of nitrogens with zero attached hydrogens (tertiary/aromatic N) is 1. The molecule has 1 heterocycles. The van der Waals surface area contributed by atoms with Crippen LogP contribution in [0.3, 0.4) is 0 Å². The molecule has 1 rings (SSSR count). The maximum Gasteiger partial charge on any atom is 0.327 e. The Labute approximate surface area is 108 Å². The molecule has 2 unspecified atom stereocenters. The van der Waals surface area contributed by atoms with E-state index in [4.69, 9.17) is 5.11 Å². The van der Waals surface area contributed by atoms with Gasteiger partial charge in [-0.2, -0.15) is 0 Å². The summed E-state index contributed by atoms with van der Waals surface area (Å²) in [5.41, 5.74) is 0. The second kappa shape index (κ2) is 7.33. The van der Waals surface area contributed by atoms with Gasteiger partial charge in [0.1, 0.15) is 6.04 Å². The number of likely N-dealkylation sites (tertiary alicyclic amines) is 1. The van der Waals surface area contributed by atoms with Gasteiger partial charge in [0.2, 0.25) is 5.91 Å². The third kappa shape index (κ3) is 5.46. The van der Waals surface area contributed by atoms with E-state index in [1.165, 1.54) is 19.8 Å². The van der Waals surface area contributed by atoms with Crippen LogP contribution in [-0.4, -0.2) is 61.2 Å². The van der Waals surface area contributed by atoms with Gasteiger partial charge in [-0.05, 0) is 38.9 Å². The summed E-state index contributed by atoms with van der Waals surface area (Å²) >= 11 is 0. The first-order valence-electron chi connectivity index (χ1n) is 6.38. The highest BCUT2D eigenvalue weighted by Gasteiger charge is 2.20. The highest BCUT2D eigenvalue weighted by Crippen LogP contribution is 2.13. The van der Waals surface area contributed by atoms with Gasteiger partial charge in [-0.3, -0.25) is 4.79 Å². The Morgan fingerprint density at radius 2 is 2.22 bits per heavy atom. The van der Waals surface area contributed by atoms with E-state index in [9.17, 15) is 9.59 Å². The molecular formula is C12H23N3O3. The van der Waals surface area contributed by atoms with Crippen LogP contribution in [0.1, 0.15) is 19.8 Å². The maximum atomic E-state index is 10.9. The van der Waals surface area contributed by atoms with Gasteiger partial charge in [-0.25, -0.2) is 4.79 Å². The van der Waals surface area contributed by atoms with Gasteiger partial charge in [0.05, 0.1) is 0 Å². The van der Waals surface area contributed by atoms with Crippen LogP contribution in [0.2, 0.25) is 0 Å². The second-order valence-electron chi connectivity index (χ2n) is 5.02. The van der Waals surface area contributed by atoms with E-state index in [0.29, 0.717) is 5.92 Å².